The maximum Gasteiger partial charge on any atom is 0.148 e. The number of nitrogens with one attached hydrogen (secondary N) is 2. The molecule has 0 aliphatic heterocycles. The molecular weight excluding hydrogens is 304 g/mol. The molecule has 0 unspecified atom stereocenters. The van der Waals surface area contributed by atoms with Crippen molar-refractivity contribution in [1.29, 1.82) is 0 Å². The van der Waals surface area contributed by atoms with Gasteiger partial charge in [0.15, 0.2) is 0 Å². The fourth-order valence-electron chi connectivity index (χ4n) is 1.71. The molecule has 0 atom stereocenters. The number of anilines is 1. The summed E-state index contributed by atoms with van der Waals surface area (Å²) in [6.45, 7) is 1.89. The lowest BCUT2D eigenvalue weighted by atomic mass is 10.1. The molecule has 1 aromatic carbocycles. The number of nitrogens with zero attached hydrogens (tertiary/aromatic N) is 2. The van der Waals surface area contributed by atoms with E-state index in [1.807, 2.05) is 43.4 Å². The summed E-state index contributed by atoms with van der Waals surface area (Å²) in [5.74, 6) is 0.815. The van der Waals surface area contributed by atoms with Crippen LogP contribution in [0.3, 0.4) is 0 Å². The molecule has 1 aromatic heterocycles. The average molecular weight is 321 g/mol. The zero-order chi connectivity index (χ0) is 13.5. The maximum absolute atomic E-state index is 4.24. The first-order chi connectivity index (χ1) is 9.29. The van der Waals surface area contributed by atoms with Crippen molar-refractivity contribution in [2.24, 2.45) is 0 Å². The summed E-state index contributed by atoms with van der Waals surface area (Å²) < 4.78 is 1.04. The van der Waals surface area contributed by atoms with Gasteiger partial charge in [-0.2, -0.15) is 0 Å². The Hall–Kier alpha value is -1.46. The molecule has 0 aliphatic carbocycles. The Labute approximate surface area is 121 Å². The third-order valence-corrected chi connectivity index (χ3v) is 3.19. The van der Waals surface area contributed by atoms with Gasteiger partial charge in [-0.3, -0.25) is 0 Å². The zero-order valence-electron chi connectivity index (χ0n) is 10.9. The summed E-state index contributed by atoms with van der Waals surface area (Å²) in [4.78, 5) is 0. The molecule has 1 heterocycles. The molecule has 0 saturated carbocycles. The van der Waals surface area contributed by atoms with Gasteiger partial charge in [-0.15, -0.1) is 10.2 Å². The second-order valence-electron chi connectivity index (χ2n) is 4.20. The van der Waals surface area contributed by atoms with Crippen molar-refractivity contribution >= 4 is 21.7 Å². The average Bonchev–Trinajstić information content (AvgIpc) is 2.44. The molecule has 0 bridgehead atoms. The standard InChI is InChI=1S/C14H17BrN4/c1-16-8-3-9-17-14-7-6-13(18-19-14)11-4-2-5-12(15)10-11/h2,4-7,10,16H,3,8-9H2,1H3,(H,17,19). The molecule has 0 spiro atoms. The first-order valence-corrected chi connectivity index (χ1v) is 7.07. The van der Waals surface area contributed by atoms with Crippen molar-refractivity contribution in [1.82, 2.24) is 15.5 Å². The highest BCUT2D eigenvalue weighted by Crippen LogP contribution is 2.21. The number of rotatable bonds is 6. The van der Waals surface area contributed by atoms with E-state index >= 15 is 0 Å². The van der Waals surface area contributed by atoms with E-state index in [-0.39, 0.29) is 0 Å². The largest absolute Gasteiger partial charge is 0.369 e. The Balaban J connectivity index is 1.98. The van der Waals surface area contributed by atoms with Crippen molar-refractivity contribution in [3.05, 3.63) is 40.9 Å². The minimum atomic E-state index is 0.815. The van der Waals surface area contributed by atoms with Gasteiger partial charge in [-0.1, -0.05) is 28.1 Å². The molecule has 2 N–H and O–H groups in total. The number of aromatic nitrogens is 2. The van der Waals surface area contributed by atoms with Gasteiger partial charge in [-0.05, 0) is 44.3 Å². The van der Waals surface area contributed by atoms with Crippen LogP contribution in [0.15, 0.2) is 40.9 Å². The molecule has 0 aliphatic rings. The van der Waals surface area contributed by atoms with Crippen molar-refractivity contribution < 1.29 is 0 Å². The molecular formula is C14H17BrN4. The quantitative estimate of drug-likeness (QED) is 0.803. The molecule has 19 heavy (non-hydrogen) atoms. The van der Waals surface area contributed by atoms with Crippen molar-refractivity contribution in [3.63, 3.8) is 0 Å². The second kappa shape index (κ2) is 7.21. The highest BCUT2D eigenvalue weighted by molar-refractivity contribution is 9.10. The van der Waals surface area contributed by atoms with Gasteiger partial charge in [0.05, 0.1) is 5.69 Å². The van der Waals surface area contributed by atoms with Crippen molar-refractivity contribution in [3.8, 4) is 11.3 Å². The zero-order valence-corrected chi connectivity index (χ0v) is 12.4. The third kappa shape index (κ3) is 4.29. The smallest absolute Gasteiger partial charge is 0.148 e. The topological polar surface area (TPSA) is 49.8 Å². The van der Waals surface area contributed by atoms with E-state index in [1.54, 1.807) is 0 Å². The first-order valence-electron chi connectivity index (χ1n) is 6.28. The Kier molecular flexibility index (Phi) is 5.30. The minimum absolute atomic E-state index is 0.815. The lowest BCUT2D eigenvalue weighted by molar-refractivity contribution is 0.746. The molecule has 0 saturated heterocycles. The highest BCUT2D eigenvalue weighted by Gasteiger charge is 2.01. The molecule has 5 heteroatoms. The van der Waals surface area contributed by atoms with Gasteiger partial charge in [0, 0.05) is 16.6 Å². The van der Waals surface area contributed by atoms with E-state index < -0.39 is 0 Å². The van der Waals surface area contributed by atoms with Crippen LogP contribution >= 0.6 is 15.9 Å². The van der Waals surface area contributed by atoms with Gasteiger partial charge in [-0.25, -0.2) is 0 Å². The number of hydrogen-bond donors (Lipinski definition) is 2. The van der Waals surface area contributed by atoms with E-state index in [9.17, 15) is 0 Å². The minimum Gasteiger partial charge on any atom is -0.369 e. The molecule has 100 valence electrons. The third-order valence-electron chi connectivity index (χ3n) is 2.69. The summed E-state index contributed by atoms with van der Waals surface area (Å²) in [5.41, 5.74) is 1.94. The second-order valence-corrected chi connectivity index (χ2v) is 5.11. The summed E-state index contributed by atoms with van der Waals surface area (Å²) in [6.07, 6.45) is 1.06. The Morgan fingerprint density at radius 2 is 2.00 bits per heavy atom. The van der Waals surface area contributed by atoms with Gasteiger partial charge < -0.3 is 10.6 Å². The van der Waals surface area contributed by atoms with Crippen LogP contribution in [-0.2, 0) is 0 Å². The molecule has 2 aromatic rings. The number of benzene rings is 1. The summed E-state index contributed by atoms with van der Waals surface area (Å²) in [7, 11) is 1.95. The lowest BCUT2D eigenvalue weighted by Gasteiger charge is -2.05. The van der Waals surface area contributed by atoms with Crippen molar-refractivity contribution in [2.75, 3.05) is 25.5 Å². The van der Waals surface area contributed by atoms with Crippen LogP contribution < -0.4 is 10.6 Å². The first kappa shape index (κ1) is 14.0. The number of halogens is 1. The van der Waals surface area contributed by atoms with Crippen LogP contribution in [0.4, 0.5) is 5.82 Å². The molecule has 0 fully saturated rings. The van der Waals surface area contributed by atoms with Gasteiger partial charge in [0.2, 0.25) is 0 Å². The molecule has 4 nitrogen and oxygen atoms in total. The van der Waals surface area contributed by atoms with Crippen LogP contribution in [0.25, 0.3) is 11.3 Å². The predicted molar refractivity (Wildman–Crippen MR) is 82.2 cm³/mol. The Morgan fingerprint density at radius 3 is 2.68 bits per heavy atom. The fraction of sp³-hybridized carbons (Fsp3) is 0.286. The van der Waals surface area contributed by atoms with Crippen LogP contribution in [0.1, 0.15) is 6.42 Å². The highest BCUT2D eigenvalue weighted by atomic mass is 79.9. The molecule has 2 rings (SSSR count). The normalized spacial score (nSPS) is 10.4. The van der Waals surface area contributed by atoms with E-state index in [4.69, 9.17) is 0 Å². The van der Waals surface area contributed by atoms with Crippen LogP contribution in [0.2, 0.25) is 0 Å². The van der Waals surface area contributed by atoms with Crippen molar-refractivity contribution in [2.45, 2.75) is 6.42 Å². The molecule has 0 amide bonds. The van der Waals surface area contributed by atoms with Crippen LogP contribution in [0.5, 0.6) is 0 Å². The van der Waals surface area contributed by atoms with Gasteiger partial charge >= 0.3 is 0 Å². The Morgan fingerprint density at radius 1 is 1.11 bits per heavy atom. The fourth-order valence-corrected chi connectivity index (χ4v) is 2.11. The van der Waals surface area contributed by atoms with Gasteiger partial charge in [0.1, 0.15) is 5.82 Å². The monoisotopic (exact) mass is 320 g/mol. The maximum atomic E-state index is 4.24. The predicted octanol–water partition coefficient (Wildman–Crippen LogP) is 2.93. The summed E-state index contributed by atoms with van der Waals surface area (Å²) in [6, 6.07) is 12.0. The molecule has 0 radical (unpaired) electrons. The van der Waals surface area contributed by atoms with Crippen LogP contribution in [0, 0.1) is 0 Å². The van der Waals surface area contributed by atoms with E-state index in [2.05, 4.69) is 36.8 Å². The van der Waals surface area contributed by atoms with Crippen LogP contribution in [-0.4, -0.2) is 30.3 Å². The van der Waals surface area contributed by atoms with E-state index in [0.29, 0.717) is 0 Å². The Bertz CT molecular complexity index is 513. The summed E-state index contributed by atoms with van der Waals surface area (Å²) in [5, 5.41) is 14.8. The lowest BCUT2D eigenvalue weighted by Crippen LogP contribution is -2.13. The van der Waals surface area contributed by atoms with E-state index in [0.717, 1.165) is 41.1 Å². The SMILES string of the molecule is CNCCCNc1ccc(-c2cccc(Br)c2)nn1. The number of hydrogen-bond acceptors (Lipinski definition) is 4. The van der Waals surface area contributed by atoms with Gasteiger partial charge in [0.25, 0.3) is 0 Å². The summed E-state index contributed by atoms with van der Waals surface area (Å²) >= 11 is 3.46. The van der Waals surface area contributed by atoms with E-state index in [1.165, 1.54) is 0 Å².